The molecule has 0 spiro atoms. The van der Waals surface area contributed by atoms with Crippen LogP contribution in [0.4, 0.5) is 0 Å². The zero-order chi connectivity index (χ0) is 17.0. The van der Waals surface area contributed by atoms with E-state index in [2.05, 4.69) is 64.6 Å². The Kier molecular flexibility index (Phi) is 6.12. The highest BCUT2D eigenvalue weighted by atomic mass is 32.1. The Balaban J connectivity index is 2.47. The molecule has 0 saturated heterocycles. The van der Waals surface area contributed by atoms with Gasteiger partial charge in [-0.1, -0.05) is 67.8 Å². The predicted molar refractivity (Wildman–Crippen MR) is 107 cm³/mol. The standard InChI is InChI=1S/C22H28S/c1-6-7-8-9-18-11-13-20(17(5)22(18)23)21-14-16(4)10-12-19(21)15(2)3/h10-14,23H,2,6-9H2,1,3-5H3. The number of hydrogen-bond acceptors (Lipinski definition) is 1. The summed E-state index contributed by atoms with van der Waals surface area (Å²) in [5, 5.41) is 0. The normalized spacial score (nSPS) is 10.8. The fourth-order valence-electron chi connectivity index (χ4n) is 3.07. The van der Waals surface area contributed by atoms with E-state index in [-0.39, 0.29) is 0 Å². The minimum atomic E-state index is 1.10. The Hall–Kier alpha value is -1.47. The van der Waals surface area contributed by atoms with Crippen molar-refractivity contribution in [2.45, 2.75) is 58.3 Å². The van der Waals surface area contributed by atoms with Gasteiger partial charge in [-0.05, 0) is 61.4 Å². The Morgan fingerprint density at radius 1 is 1.04 bits per heavy atom. The van der Waals surface area contributed by atoms with E-state index in [1.165, 1.54) is 52.6 Å². The quantitative estimate of drug-likeness (QED) is 0.428. The maximum absolute atomic E-state index is 4.82. The lowest BCUT2D eigenvalue weighted by Crippen LogP contribution is -1.96. The van der Waals surface area contributed by atoms with Gasteiger partial charge in [-0.25, -0.2) is 0 Å². The highest BCUT2D eigenvalue weighted by molar-refractivity contribution is 7.80. The molecule has 0 nitrogen and oxygen atoms in total. The van der Waals surface area contributed by atoms with Crippen molar-refractivity contribution in [2.24, 2.45) is 0 Å². The van der Waals surface area contributed by atoms with Crippen molar-refractivity contribution in [3.05, 3.63) is 59.2 Å². The van der Waals surface area contributed by atoms with Gasteiger partial charge in [0, 0.05) is 4.90 Å². The molecule has 0 aliphatic carbocycles. The van der Waals surface area contributed by atoms with Crippen LogP contribution in [0.2, 0.25) is 0 Å². The molecule has 0 N–H and O–H groups in total. The summed E-state index contributed by atoms with van der Waals surface area (Å²) in [5.74, 6) is 0. The van der Waals surface area contributed by atoms with Gasteiger partial charge in [-0.2, -0.15) is 0 Å². The van der Waals surface area contributed by atoms with Crippen LogP contribution in [0.1, 0.15) is 55.4 Å². The maximum Gasteiger partial charge on any atom is 0.0107 e. The van der Waals surface area contributed by atoms with E-state index in [9.17, 15) is 0 Å². The van der Waals surface area contributed by atoms with Crippen molar-refractivity contribution < 1.29 is 0 Å². The number of unbranched alkanes of at least 4 members (excludes halogenated alkanes) is 2. The largest absolute Gasteiger partial charge is 0.143 e. The van der Waals surface area contributed by atoms with Gasteiger partial charge in [0.1, 0.15) is 0 Å². The molecule has 0 aliphatic rings. The molecule has 0 aromatic heterocycles. The first-order valence-corrected chi connectivity index (χ1v) is 8.98. The zero-order valence-corrected chi connectivity index (χ0v) is 15.8. The van der Waals surface area contributed by atoms with Gasteiger partial charge in [-0.3, -0.25) is 0 Å². The summed E-state index contributed by atoms with van der Waals surface area (Å²) in [7, 11) is 0. The van der Waals surface area contributed by atoms with Gasteiger partial charge < -0.3 is 0 Å². The van der Waals surface area contributed by atoms with E-state index in [1.807, 2.05) is 0 Å². The van der Waals surface area contributed by atoms with Gasteiger partial charge >= 0.3 is 0 Å². The molecule has 0 bridgehead atoms. The lowest BCUT2D eigenvalue weighted by molar-refractivity contribution is 0.711. The third-order valence-electron chi connectivity index (χ3n) is 4.49. The van der Waals surface area contributed by atoms with Crippen LogP contribution in [0.15, 0.2) is 41.8 Å². The van der Waals surface area contributed by atoms with E-state index in [1.54, 1.807) is 0 Å². The Bertz CT molecular complexity index is 710. The zero-order valence-electron chi connectivity index (χ0n) is 14.9. The summed E-state index contributed by atoms with van der Waals surface area (Å²) < 4.78 is 0. The van der Waals surface area contributed by atoms with Gasteiger partial charge in [0.15, 0.2) is 0 Å². The van der Waals surface area contributed by atoms with E-state index in [0.717, 1.165) is 16.9 Å². The lowest BCUT2D eigenvalue weighted by Gasteiger charge is -2.17. The highest BCUT2D eigenvalue weighted by Gasteiger charge is 2.12. The van der Waals surface area contributed by atoms with Crippen LogP contribution in [0, 0.1) is 13.8 Å². The van der Waals surface area contributed by atoms with Crippen molar-refractivity contribution in [1.29, 1.82) is 0 Å². The summed E-state index contributed by atoms with van der Waals surface area (Å²) in [4.78, 5) is 1.15. The number of allylic oxidation sites excluding steroid dienone is 1. The van der Waals surface area contributed by atoms with Crippen molar-refractivity contribution in [1.82, 2.24) is 0 Å². The highest BCUT2D eigenvalue weighted by Crippen LogP contribution is 2.35. The minimum Gasteiger partial charge on any atom is -0.143 e. The smallest absolute Gasteiger partial charge is 0.0107 e. The molecular formula is C22H28S. The number of rotatable bonds is 6. The topological polar surface area (TPSA) is 0 Å². The van der Waals surface area contributed by atoms with E-state index in [0.29, 0.717) is 0 Å². The summed E-state index contributed by atoms with van der Waals surface area (Å²) >= 11 is 4.82. The number of aryl methyl sites for hydroxylation is 2. The van der Waals surface area contributed by atoms with Crippen LogP contribution in [0.5, 0.6) is 0 Å². The molecule has 2 rings (SSSR count). The Morgan fingerprint density at radius 3 is 2.43 bits per heavy atom. The van der Waals surface area contributed by atoms with Crippen molar-refractivity contribution in [2.75, 3.05) is 0 Å². The second-order valence-electron chi connectivity index (χ2n) is 6.53. The molecule has 0 unspecified atom stereocenters. The van der Waals surface area contributed by atoms with Gasteiger partial charge in [-0.15, -0.1) is 12.6 Å². The fourth-order valence-corrected chi connectivity index (χ4v) is 3.38. The molecule has 23 heavy (non-hydrogen) atoms. The molecule has 122 valence electrons. The van der Waals surface area contributed by atoms with Crippen molar-refractivity contribution >= 4 is 18.2 Å². The van der Waals surface area contributed by atoms with Crippen LogP contribution in [0.25, 0.3) is 16.7 Å². The van der Waals surface area contributed by atoms with E-state index >= 15 is 0 Å². The number of hydrogen-bond donors (Lipinski definition) is 1. The summed E-state index contributed by atoms with van der Waals surface area (Å²) in [6.45, 7) is 12.8. The number of thiol groups is 1. The molecule has 0 heterocycles. The molecule has 0 atom stereocenters. The molecule has 0 radical (unpaired) electrons. The maximum atomic E-state index is 4.82. The molecule has 0 amide bonds. The molecule has 1 heteroatoms. The molecule has 0 saturated carbocycles. The van der Waals surface area contributed by atoms with Crippen LogP contribution in [0.3, 0.4) is 0 Å². The Morgan fingerprint density at radius 2 is 1.78 bits per heavy atom. The van der Waals surface area contributed by atoms with Crippen molar-refractivity contribution in [3.8, 4) is 11.1 Å². The van der Waals surface area contributed by atoms with E-state index < -0.39 is 0 Å². The second-order valence-corrected chi connectivity index (χ2v) is 6.98. The van der Waals surface area contributed by atoms with Gasteiger partial charge in [0.25, 0.3) is 0 Å². The minimum absolute atomic E-state index is 1.10. The SMILES string of the molecule is C=C(C)c1ccc(C)cc1-c1ccc(CCCCC)c(S)c1C. The van der Waals surface area contributed by atoms with E-state index in [4.69, 9.17) is 12.6 Å². The molecule has 0 aliphatic heterocycles. The second kappa shape index (κ2) is 7.88. The third kappa shape index (κ3) is 4.09. The molecule has 2 aromatic rings. The molecule has 0 fully saturated rings. The summed E-state index contributed by atoms with van der Waals surface area (Å²) in [6, 6.07) is 11.1. The van der Waals surface area contributed by atoms with Gasteiger partial charge in [0.05, 0.1) is 0 Å². The van der Waals surface area contributed by atoms with Crippen LogP contribution < -0.4 is 0 Å². The lowest BCUT2D eigenvalue weighted by atomic mass is 9.90. The van der Waals surface area contributed by atoms with Gasteiger partial charge in [0.2, 0.25) is 0 Å². The monoisotopic (exact) mass is 324 g/mol. The summed E-state index contributed by atoms with van der Waals surface area (Å²) in [5.41, 5.74) is 8.79. The van der Waals surface area contributed by atoms with Crippen LogP contribution >= 0.6 is 12.6 Å². The third-order valence-corrected chi connectivity index (χ3v) is 5.11. The first-order chi connectivity index (χ1) is 11.0. The first kappa shape index (κ1) is 17.9. The van der Waals surface area contributed by atoms with Crippen molar-refractivity contribution in [3.63, 3.8) is 0 Å². The van der Waals surface area contributed by atoms with Crippen LogP contribution in [-0.2, 0) is 6.42 Å². The Labute approximate surface area is 147 Å². The first-order valence-electron chi connectivity index (χ1n) is 8.54. The molecular weight excluding hydrogens is 296 g/mol. The average molecular weight is 325 g/mol. The van der Waals surface area contributed by atoms with Crippen LogP contribution in [-0.4, -0.2) is 0 Å². The summed E-state index contributed by atoms with van der Waals surface area (Å²) in [6.07, 6.45) is 4.90. The molecule has 2 aromatic carbocycles. The number of benzene rings is 2. The average Bonchev–Trinajstić information content (AvgIpc) is 2.51. The fraction of sp³-hybridized carbons (Fsp3) is 0.364. The predicted octanol–water partition coefficient (Wildman–Crippen LogP) is 7.02.